The van der Waals surface area contributed by atoms with Crippen LogP contribution < -0.4 is 4.74 Å². The zero-order valence-corrected chi connectivity index (χ0v) is 11.8. The lowest BCUT2D eigenvalue weighted by Gasteiger charge is -2.21. The molecule has 1 aliphatic heterocycles. The van der Waals surface area contributed by atoms with Gasteiger partial charge >= 0.3 is 5.97 Å². The molecule has 0 aliphatic carbocycles. The monoisotopic (exact) mass is 327 g/mol. The van der Waals surface area contributed by atoms with Crippen molar-refractivity contribution in [2.75, 3.05) is 13.2 Å². The first-order chi connectivity index (χ1) is 9.09. The first kappa shape index (κ1) is 13.9. The number of carbonyl (C=O) groups excluding carboxylic acids is 1. The van der Waals surface area contributed by atoms with Gasteiger partial charge in [0, 0.05) is 6.54 Å². The summed E-state index contributed by atoms with van der Waals surface area (Å²) in [6, 6.07) is 6.50. The Kier molecular flexibility index (Phi) is 4.42. The number of carboxylic acids is 1. The van der Waals surface area contributed by atoms with E-state index in [1.165, 1.54) is 4.90 Å². The van der Waals surface area contributed by atoms with E-state index in [9.17, 15) is 9.59 Å². The summed E-state index contributed by atoms with van der Waals surface area (Å²) in [4.78, 5) is 24.3. The lowest BCUT2D eigenvalue weighted by molar-refractivity contribution is -0.148. The standard InChI is InChI=1S/C13H14BrNO4/c14-9-4-1-2-6-11(9)19-8-12(16)15-7-3-5-10(15)13(17)18/h1-2,4,6,10H,3,5,7-8H2,(H,17,18)/t10-/m0/s1. The van der Waals surface area contributed by atoms with Crippen LogP contribution in [-0.2, 0) is 9.59 Å². The second-order valence-electron chi connectivity index (χ2n) is 4.30. The Morgan fingerprint density at radius 2 is 2.16 bits per heavy atom. The summed E-state index contributed by atoms with van der Waals surface area (Å²) in [7, 11) is 0. The molecule has 2 rings (SSSR count). The molecule has 102 valence electrons. The number of carbonyl (C=O) groups is 2. The largest absolute Gasteiger partial charge is 0.483 e. The number of halogens is 1. The highest BCUT2D eigenvalue weighted by atomic mass is 79.9. The van der Waals surface area contributed by atoms with Crippen LogP contribution in [0, 0.1) is 0 Å². The van der Waals surface area contributed by atoms with Gasteiger partial charge in [-0.15, -0.1) is 0 Å². The highest BCUT2D eigenvalue weighted by Crippen LogP contribution is 2.24. The number of benzene rings is 1. The molecule has 0 aromatic heterocycles. The maximum absolute atomic E-state index is 12.0. The van der Waals surface area contributed by atoms with Crippen LogP contribution in [0.25, 0.3) is 0 Å². The fraction of sp³-hybridized carbons (Fsp3) is 0.385. The summed E-state index contributed by atoms with van der Waals surface area (Å²) < 4.78 is 6.17. The van der Waals surface area contributed by atoms with E-state index in [-0.39, 0.29) is 12.5 Å². The van der Waals surface area contributed by atoms with Gasteiger partial charge in [0.05, 0.1) is 4.47 Å². The average Bonchev–Trinajstić information content (AvgIpc) is 2.87. The number of amides is 1. The highest BCUT2D eigenvalue weighted by molar-refractivity contribution is 9.10. The number of ether oxygens (including phenoxy) is 1. The third-order valence-electron chi connectivity index (χ3n) is 3.05. The lowest BCUT2D eigenvalue weighted by Crippen LogP contribution is -2.42. The number of rotatable bonds is 4. The molecule has 0 bridgehead atoms. The van der Waals surface area contributed by atoms with Gasteiger partial charge in [-0.25, -0.2) is 4.79 Å². The number of aliphatic carboxylic acids is 1. The quantitative estimate of drug-likeness (QED) is 0.917. The molecule has 1 aromatic carbocycles. The molecule has 5 nitrogen and oxygen atoms in total. The third kappa shape index (κ3) is 3.26. The van der Waals surface area contributed by atoms with Gasteiger partial charge in [0.2, 0.25) is 0 Å². The molecular formula is C13H14BrNO4. The molecule has 0 spiro atoms. The van der Waals surface area contributed by atoms with Crippen LogP contribution >= 0.6 is 15.9 Å². The van der Waals surface area contributed by atoms with Gasteiger partial charge < -0.3 is 14.7 Å². The van der Waals surface area contributed by atoms with Gasteiger partial charge in [-0.05, 0) is 40.9 Å². The van der Waals surface area contributed by atoms with Crippen molar-refractivity contribution >= 4 is 27.8 Å². The van der Waals surface area contributed by atoms with Gasteiger partial charge in [-0.3, -0.25) is 4.79 Å². The van der Waals surface area contributed by atoms with Crippen LogP contribution in [0.1, 0.15) is 12.8 Å². The molecule has 1 aromatic rings. The SMILES string of the molecule is O=C(O)[C@@H]1CCCN1C(=O)COc1ccccc1Br. The van der Waals surface area contributed by atoms with Crippen LogP contribution in [0.15, 0.2) is 28.7 Å². The van der Waals surface area contributed by atoms with Crippen molar-refractivity contribution in [2.24, 2.45) is 0 Å². The second-order valence-corrected chi connectivity index (χ2v) is 5.16. The molecular weight excluding hydrogens is 314 g/mol. The Bertz CT molecular complexity index is 491. The van der Waals surface area contributed by atoms with Crippen molar-refractivity contribution in [3.63, 3.8) is 0 Å². The van der Waals surface area contributed by atoms with Gasteiger partial charge in [0.15, 0.2) is 6.61 Å². The van der Waals surface area contributed by atoms with E-state index in [1.807, 2.05) is 12.1 Å². The van der Waals surface area contributed by atoms with Gasteiger partial charge in [0.25, 0.3) is 5.91 Å². The van der Waals surface area contributed by atoms with E-state index >= 15 is 0 Å². The smallest absolute Gasteiger partial charge is 0.326 e. The van der Waals surface area contributed by atoms with Crippen LogP contribution in [-0.4, -0.2) is 41.1 Å². The molecule has 1 aliphatic rings. The Labute approximate surface area is 119 Å². The highest BCUT2D eigenvalue weighted by Gasteiger charge is 2.33. The number of hydrogen-bond acceptors (Lipinski definition) is 3. The molecule has 1 saturated heterocycles. The maximum Gasteiger partial charge on any atom is 0.326 e. The number of para-hydroxylation sites is 1. The van der Waals surface area contributed by atoms with Crippen molar-refractivity contribution in [1.29, 1.82) is 0 Å². The first-order valence-electron chi connectivity index (χ1n) is 5.99. The van der Waals surface area contributed by atoms with Gasteiger partial charge in [-0.1, -0.05) is 12.1 Å². The normalized spacial score (nSPS) is 18.4. The van der Waals surface area contributed by atoms with Crippen LogP contribution in [0.4, 0.5) is 0 Å². The van der Waals surface area contributed by atoms with Gasteiger partial charge in [-0.2, -0.15) is 0 Å². The lowest BCUT2D eigenvalue weighted by atomic mass is 10.2. The fourth-order valence-corrected chi connectivity index (χ4v) is 2.51. The number of hydrogen-bond donors (Lipinski definition) is 1. The molecule has 0 radical (unpaired) electrons. The second kappa shape index (κ2) is 6.06. The predicted octanol–water partition coefficient (Wildman–Crippen LogP) is 1.90. The third-order valence-corrected chi connectivity index (χ3v) is 3.70. The molecule has 0 saturated carbocycles. The minimum atomic E-state index is -0.952. The van der Waals surface area contributed by atoms with Crippen LogP contribution in [0.5, 0.6) is 5.75 Å². The topological polar surface area (TPSA) is 66.8 Å². The Hall–Kier alpha value is -1.56. The number of nitrogens with zero attached hydrogens (tertiary/aromatic N) is 1. The Morgan fingerprint density at radius 3 is 2.84 bits per heavy atom. The van der Waals surface area contributed by atoms with E-state index in [1.54, 1.807) is 12.1 Å². The first-order valence-corrected chi connectivity index (χ1v) is 6.78. The Balaban J connectivity index is 1.95. The molecule has 19 heavy (non-hydrogen) atoms. The maximum atomic E-state index is 12.0. The van der Waals surface area contributed by atoms with E-state index in [4.69, 9.17) is 9.84 Å². The van der Waals surface area contributed by atoms with E-state index in [2.05, 4.69) is 15.9 Å². The van der Waals surface area contributed by atoms with Crippen LogP contribution in [0.2, 0.25) is 0 Å². The van der Waals surface area contributed by atoms with Crippen molar-refractivity contribution in [3.05, 3.63) is 28.7 Å². The average molecular weight is 328 g/mol. The van der Waals surface area contributed by atoms with Crippen molar-refractivity contribution < 1.29 is 19.4 Å². The van der Waals surface area contributed by atoms with Crippen molar-refractivity contribution in [2.45, 2.75) is 18.9 Å². The Morgan fingerprint density at radius 1 is 1.42 bits per heavy atom. The van der Waals surface area contributed by atoms with E-state index in [0.717, 1.165) is 10.9 Å². The molecule has 6 heteroatoms. The summed E-state index contributed by atoms with van der Waals surface area (Å²) >= 11 is 3.32. The zero-order valence-electron chi connectivity index (χ0n) is 10.2. The molecule has 1 heterocycles. The van der Waals surface area contributed by atoms with Crippen molar-refractivity contribution in [1.82, 2.24) is 4.90 Å². The number of likely N-dealkylation sites (tertiary alicyclic amines) is 1. The van der Waals surface area contributed by atoms with E-state index in [0.29, 0.717) is 18.7 Å². The summed E-state index contributed by atoms with van der Waals surface area (Å²) in [6.45, 7) is 0.335. The molecule has 0 unspecified atom stereocenters. The minimum Gasteiger partial charge on any atom is -0.483 e. The van der Waals surface area contributed by atoms with Gasteiger partial charge in [0.1, 0.15) is 11.8 Å². The minimum absolute atomic E-state index is 0.146. The molecule has 1 N–H and O–H groups in total. The van der Waals surface area contributed by atoms with Crippen LogP contribution in [0.3, 0.4) is 0 Å². The van der Waals surface area contributed by atoms with Crippen molar-refractivity contribution in [3.8, 4) is 5.75 Å². The zero-order chi connectivity index (χ0) is 13.8. The molecule has 1 amide bonds. The summed E-state index contributed by atoms with van der Waals surface area (Å²) in [5, 5.41) is 9.02. The summed E-state index contributed by atoms with van der Waals surface area (Å²) in [5.41, 5.74) is 0. The number of carboxylic acid groups (broad SMARTS) is 1. The molecule has 1 atom stereocenters. The predicted molar refractivity (Wildman–Crippen MR) is 72.0 cm³/mol. The summed E-state index contributed by atoms with van der Waals surface area (Å²) in [6.07, 6.45) is 1.23. The fourth-order valence-electron chi connectivity index (χ4n) is 2.11. The van der Waals surface area contributed by atoms with E-state index < -0.39 is 12.0 Å². The molecule has 1 fully saturated rings. The summed E-state index contributed by atoms with van der Waals surface area (Å²) in [5.74, 6) is -0.672.